The largest absolute Gasteiger partial charge is 0.390 e. The number of aliphatic hydroxyl groups is 1. The van der Waals surface area contributed by atoms with E-state index < -0.39 is 22.2 Å². The van der Waals surface area contributed by atoms with Crippen LogP contribution in [0.4, 0.5) is 0 Å². The first kappa shape index (κ1) is 12.5. The van der Waals surface area contributed by atoms with E-state index in [0.29, 0.717) is 13.1 Å². The van der Waals surface area contributed by atoms with Gasteiger partial charge in [0.15, 0.2) is 0 Å². The van der Waals surface area contributed by atoms with E-state index in [2.05, 4.69) is 5.32 Å². The first-order valence-electron chi connectivity index (χ1n) is 5.45. The topological polar surface area (TPSA) is 69.6 Å². The first-order valence-corrected chi connectivity index (χ1v) is 6.89. The highest BCUT2D eigenvalue weighted by Crippen LogP contribution is 2.19. The highest BCUT2D eigenvalue weighted by atomic mass is 32.2. The molecule has 0 spiro atoms. The molecule has 6 heteroatoms. The van der Waals surface area contributed by atoms with Crippen molar-refractivity contribution in [2.45, 2.75) is 17.0 Å². The quantitative estimate of drug-likeness (QED) is 0.775. The van der Waals surface area contributed by atoms with Crippen LogP contribution in [-0.4, -0.2) is 50.1 Å². The average Bonchev–Trinajstić information content (AvgIpc) is 2.75. The van der Waals surface area contributed by atoms with Crippen LogP contribution >= 0.6 is 0 Å². The second kappa shape index (κ2) is 4.73. The second-order valence-electron chi connectivity index (χ2n) is 4.13. The molecule has 1 aromatic carbocycles. The molecule has 0 aliphatic carbocycles. The molecular formula is C11H16N2O3S. The van der Waals surface area contributed by atoms with E-state index in [1.54, 1.807) is 30.3 Å². The molecule has 17 heavy (non-hydrogen) atoms. The predicted octanol–water partition coefficient (Wildman–Crippen LogP) is -0.360. The number of benzene rings is 1. The zero-order valence-electron chi connectivity index (χ0n) is 9.57. The summed E-state index contributed by atoms with van der Waals surface area (Å²) in [6.45, 7) is 0.906. The van der Waals surface area contributed by atoms with Crippen molar-refractivity contribution in [3.63, 3.8) is 0 Å². The van der Waals surface area contributed by atoms with Crippen molar-refractivity contribution in [1.82, 2.24) is 9.62 Å². The molecule has 0 amide bonds. The van der Waals surface area contributed by atoms with Gasteiger partial charge in [-0.25, -0.2) is 8.42 Å². The molecule has 1 aromatic rings. The van der Waals surface area contributed by atoms with Crippen molar-refractivity contribution in [3.05, 3.63) is 30.3 Å². The van der Waals surface area contributed by atoms with Crippen LogP contribution in [0.5, 0.6) is 0 Å². The van der Waals surface area contributed by atoms with Crippen LogP contribution in [0.2, 0.25) is 0 Å². The zero-order chi connectivity index (χ0) is 12.5. The Bertz CT molecular complexity index is 475. The van der Waals surface area contributed by atoms with Crippen LogP contribution in [0.3, 0.4) is 0 Å². The number of hydrogen-bond acceptors (Lipinski definition) is 4. The van der Waals surface area contributed by atoms with Crippen molar-refractivity contribution in [2.24, 2.45) is 0 Å². The maximum absolute atomic E-state index is 12.3. The highest BCUT2D eigenvalue weighted by Gasteiger charge is 2.35. The van der Waals surface area contributed by atoms with Gasteiger partial charge in [-0.15, -0.1) is 0 Å². The minimum absolute atomic E-state index is 0.251. The SMILES string of the molecule is CN([C@H]1CNC[C@@H]1O)S(=O)(=O)c1ccccc1. The standard InChI is InChI=1S/C11H16N2O3S/c1-13(10-7-12-8-11(10)14)17(15,16)9-5-3-2-4-6-9/h2-6,10-12,14H,7-8H2,1H3/t10-,11-/m0/s1. The number of nitrogens with one attached hydrogen (secondary N) is 1. The lowest BCUT2D eigenvalue weighted by molar-refractivity contribution is 0.136. The number of likely N-dealkylation sites (N-methyl/N-ethyl adjacent to an activating group) is 1. The Morgan fingerprint density at radius 1 is 1.29 bits per heavy atom. The molecule has 2 rings (SSSR count). The van der Waals surface area contributed by atoms with Crippen LogP contribution in [0.25, 0.3) is 0 Å². The van der Waals surface area contributed by atoms with Crippen LogP contribution in [0.1, 0.15) is 0 Å². The van der Waals surface area contributed by atoms with Crippen molar-refractivity contribution < 1.29 is 13.5 Å². The highest BCUT2D eigenvalue weighted by molar-refractivity contribution is 7.89. The number of aliphatic hydroxyl groups excluding tert-OH is 1. The van der Waals surface area contributed by atoms with Crippen LogP contribution in [-0.2, 0) is 10.0 Å². The molecule has 1 fully saturated rings. The van der Waals surface area contributed by atoms with Gasteiger partial charge in [-0.05, 0) is 12.1 Å². The summed E-state index contributed by atoms with van der Waals surface area (Å²) in [5, 5.41) is 12.7. The van der Waals surface area contributed by atoms with E-state index in [1.165, 1.54) is 11.4 Å². The van der Waals surface area contributed by atoms with E-state index in [0.717, 1.165) is 0 Å². The van der Waals surface area contributed by atoms with Gasteiger partial charge in [0, 0.05) is 20.1 Å². The average molecular weight is 256 g/mol. The van der Waals surface area contributed by atoms with Gasteiger partial charge in [0.05, 0.1) is 17.0 Å². The predicted molar refractivity (Wildman–Crippen MR) is 64.1 cm³/mol. The summed E-state index contributed by atoms with van der Waals surface area (Å²) < 4.78 is 25.7. The van der Waals surface area contributed by atoms with Crippen molar-refractivity contribution in [3.8, 4) is 0 Å². The molecule has 1 aliphatic heterocycles. The van der Waals surface area contributed by atoms with Crippen LogP contribution in [0, 0.1) is 0 Å². The molecular weight excluding hydrogens is 240 g/mol. The van der Waals surface area contributed by atoms with Gasteiger partial charge in [0.25, 0.3) is 0 Å². The lowest BCUT2D eigenvalue weighted by Crippen LogP contribution is -2.44. The van der Waals surface area contributed by atoms with Gasteiger partial charge >= 0.3 is 0 Å². The maximum atomic E-state index is 12.3. The Kier molecular flexibility index (Phi) is 3.48. The normalized spacial score (nSPS) is 25.4. The lowest BCUT2D eigenvalue weighted by atomic mass is 10.2. The minimum atomic E-state index is -3.52. The van der Waals surface area contributed by atoms with E-state index in [4.69, 9.17) is 0 Å². The van der Waals surface area contributed by atoms with Crippen molar-refractivity contribution >= 4 is 10.0 Å². The summed E-state index contributed by atoms with van der Waals surface area (Å²) in [6.07, 6.45) is -0.654. The van der Waals surface area contributed by atoms with Gasteiger partial charge < -0.3 is 10.4 Å². The molecule has 94 valence electrons. The van der Waals surface area contributed by atoms with Crippen LogP contribution in [0.15, 0.2) is 35.2 Å². The van der Waals surface area contributed by atoms with Crippen molar-refractivity contribution in [2.75, 3.05) is 20.1 Å². The minimum Gasteiger partial charge on any atom is -0.390 e. The van der Waals surface area contributed by atoms with Crippen molar-refractivity contribution in [1.29, 1.82) is 0 Å². The Hall–Kier alpha value is -0.950. The molecule has 1 heterocycles. The van der Waals surface area contributed by atoms with Gasteiger partial charge in [-0.2, -0.15) is 4.31 Å². The number of hydrogen-bond donors (Lipinski definition) is 2. The molecule has 0 aromatic heterocycles. The molecule has 1 aliphatic rings. The van der Waals surface area contributed by atoms with E-state index >= 15 is 0 Å². The van der Waals surface area contributed by atoms with E-state index in [-0.39, 0.29) is 4.90 Å². The molecule has 0 saturated carbocycles. The van der Waals surface area contributed by atoms with Gasteiger partial charge in [0.2, 0.25) is 10.0 Å². The second-order valence-corrected chi connectivity index (χ2v) is 6.12. The van der Waals surface area contributed by atoms with Crippen LogP contribution < -0.4 is 5.32 Å². The zero-order valence-corrected chi connectivity index (χ0v) is 10.4. The third-order valence-electron chi connectivity index (χ3n) is 3.04. The molecule has 0 bridgehead atoms. The third-order valence-corrected chi connectivity index (χ3v) is 4.94. The third kappa shape index (κ3) is 2.35. The number of rotatable bonds is 3. The fourth-order valence-electron chi connectivity index (χ4n) is 1.96. The van der Waals surface area contributed by atoms with E-state index in [1.807, 2.05) is 0 Å². The summed E-state index contributed by atoms with van der Waals surface area (Å²) in [7, 11) is -2.02. The summed E-state index contributed by atoms with van der Waals surface area (Å²) in [5.74, 6) is 0. The lowest BCUT2D eigenvalue weighted by Gasteiger charge is -2.25. The summed E-state index contributed by atoms with van der Waals surface area (Å²) in [6, 6.07) is 7.85. The van der Waals surface area contributed by atoms with Gasteiger partial charge in [-0.3, -0.25) is 0 Å². The molecule has 0 radical (unpaired) electrons. The number of sulfonamides is 1. The fourth-order valence-corrected chi connectivity index (χ4v) is 3.36. The van der Waals surface area contributed by atoms with E-state index in [9.17, 15) is 13.5 Å². The molecule has 5 nitrogen and oxygen atoms in total. The fraction of sp³-hybridized carbons (Fsp3) is 0.455. The number of nitrogens with zero attached hydrogens (tertiary/aromatic N) is 1. The smallest absolute Gasteiger partial charge is 0.243 e. The Morgan fingerprint density at radius 2 is 1.94 bits per heavy atom. The summed E-state index contributed by atoms with van der Waals surface area (Å²) in [5.41, 5.74) is 0. The molecule has 2 atom stereocenters. The monoisotopic (exact) mass is 256 g/mol. The Morgan fingerprint density at radius 3 is 2.47 bits per heavy atom. The van der Waals surface area contributed by atoms with Gasteiger partial charge in [0.1, 0.15) is 0 Å². The Balaban J connectivity index is 2.27. The Labute approximate surface area is 101 Å². The summed E-state index contributed by atoms with van der Waals surface area (Å²) >= 11 is 0. The number of β-amino-alcohol motifs (C(OH)–C–C–N with tert-alkyl or cyclic N) is 1. The molecule has 2 N–H and O–H groups in total. The summed E-state index contributed by atoms with van der Waals surface area (Å²) in [4.78, 5) is 0.251. The molecule has 1 saturated heterocycles. The maximum Gasteiger partial charge on any atom is 0.243 e. The first-order chi connectivity index (χ1) is 8.03. The van der Waals surface area contributed by atoms with Gasteiger partial charge in [-0.1, -0.05) is 18.2 Å². The molecule has 0 unspecified atom stereocenters.